The van der Waals surface area contributed by atoms with Crippen molar-refractivity contribution in [3.05, 3.63) is 33.9 Å². The molecule has 2 aliphatic rings. The number of ether oxygens (including phenoxy) is 3. The van der Waals surface area contributed by atoms with Crippen LogP contribution in [0.25, 0.3) is 10.4 Å². The summed E-state index contributed by atoms with van der Waals surface area (Å²) < 4.78 is 15.5. The largest absolute Gasteiger partial charge is 0.471 e. The summed E-state index contributed by atoms with van der Waals surface area (Å²) in [6, 6.07) is 0. The van der Waals surface area contributed by atoms with Gasteiger partial charge in [-0.05, 0) is 12.0 Å². The van der Waals surface area contributed by atoms with Gasteiger partial charge in [-0.3, -0.25) is 0 Å². The van der Waals surface area contributed by atoms with E-state index in [4.69, 9.17) is 19.7 Å². The second kappa shape index (κ2) is 5.77. The predicted octanol–water partition coefficient (Wildman–Crippen LogP) is 1.92. The Balaban J connectivity index is 2.25. The monoisotopic (exact) mass is 265 g/mol. The third kappa shape index (κ3) is 2.43. The number of allylic oxidation sites excluding steroid dienone is 1. The molecule has 0 aromatic carbocycles. The van der Waals surface area contributed by atoms with Gasteiger partial charge in [-0.15, -0.1) is 0 Å². The van der Waals surface area contributed by atoms with Crippen molar-refractivity contribution >= 4 is 5.97 Å². The summed E-state index contributed by atoms with van der Waals surface area (Å²) in [5.74, 6) is -0.562. The summed E-state index contributed by atoms with van der Waals surface area (Å²) in [6.07, 6.45) is 3.60. The third-order valence-electron chi connectivity index (χ3n) is 3.49. The fraction of sp³-hybridized carbons (Fsp3) is 0.583. The van der Waals surface area contributed by atoms with Gasteiger partial charge >= 0.3 is 5.97 Å². The van der Waals surface area contributed by atoms with Crippen LogP contribution in [-0.2, 0) is 19.0 Å². The Morgan fingerprint density at radius 2 is 2.42 bits per heavy atom. The standard InChI is InChI=1S/C12H15N3O4/c1-17-11(16)9-6-19-12(18-2)10-7(5-14-15-13)3-4-8(9)10/h3,6,8,10,12H,4-5H2,1-2H3. The number of fused-ring (bicyclic) bond motifs is 1. The maximum atomic E-state index is 11.7. The first kappa shape index (κ1) is 13.5. The Labute approximate surface area is 110 Å². The van der Waals surface area contributed by atoms with E-state index in [1.54, 1.807) is 7.11 Å². The number of azide groups is 1. The van der Waals surface area contributed by atoms with E-state index in [1.807, 2.05) is 6.08 Å². The van der Waals surface area contributed by atoms with Gasteiger partial charge in [0.15, 0.2) is 0 Å². The Morgan fingerprint density at radius 3 is 3.05 bits per heavy atom. The quantitative estimate of drug-likeness (QED) is 0.255. The van der Waals surface area contributed by atoms with Crippen LogP contribution >= 0.6 is 0 Å². The molecule has 0 bridgehead atoms. The van der Waals surface area contributed by atoms with Crippen LogP contribution in [0.2, 0.25) is 0 Å². The minimum atomic E-state index is -0.471. The summed E-state index contributed by atoms with van der Waals surface area (Å²) in [5.41, 5.74) is 9.84. The normalized spacial score (nSPS) is 28.4. The fourth-order valence-electron chi connectivity index (χ4n) is 2.62. The molecule has 3 atom stereocenters. The number of methoxy groups -OCH3 is 2. The zero-order valence-corrected chi connectivity index (χ0v) is 10.8. The fourth-order valence-corrected chi connectivity index (χ4v) is 2.62. The van der Waals surface area contributed by atoms with E-state index in [2.05, 4.69) is 10.0 Å². The van der Waals surface area contributed by atoms with E-state index in [0.717, 1.165) is 5.57 Å². The summed E-state index contributed by atoms with van der Waals surface area (Å²) in [5, 5.41) is 3.57. The molecule has 19 heavy (non-hydrogen) atoms. The Hall–Kier alpha value is -1.98. The lowest BCUT2D eigenvalue weighted by atomic mass is 9.83. The molecule has 2 rings (SSSR count). The molecular formula is C12H15N3O4. The zero-order valence-electron chi connectivity index (χ0n) is 10.8. The molecule has 3 unspecified atom stereocenters. The van der Waals surface area contributed by atoms with Gasteiger partial charge in [0.1, 0.15) is 0 Å². The van der Waals surface area contributed by atoms with Gasteiger partial charge in [0.05, 0.1) is 24.9 Å². The molecule has 0 saturated heterocycles. The van der Waals surface area contributed by atoms with Gasteiger partial charge in [-0.25, -0.2) is 4.79 Å². The first-order chi connectivity index (χ1) is 9.22. The molecule has 0 amide bonds. The van der Waals surface area contributed by atoms with Crippen molar-refractivity contribution < 1.29 is 19.0 Å². The average Bonchev–Trinajstić information content (AvgIpc) is 2.87. The van der Waals surface area contributed by atoms with Crippen molar-refractivity contribution in [2.24, 2.45) is 17.0 Å². The highest BCUT2D eigenvalue weighted by Crippen LogP contribution is 2.43. The number of carbonyl (C=O) groups excluding carboxylic acids is 1. The molecule has 0 spiro atoms. The van der Waals surface area contributed by atoms with Crippen LogP contribution in [0.4, 0.5) is 0 Å². The third-order valence-corrected chi connectivity index (χ3v) is 3.49. The molecular weight excluding hydrogens is 250 g/mol. The number of hydrogen-bond acceptors (Lipinski definition) is 5. The maximum absolute atomic E-state index is 11.7. The molecule has 7 nitrogen and oxygen atoms in total. The van der Waals surface area contributed by atoms with Gasteiger partial charge in [0, 0.05) is 24.5 Å². The van der Waals surface area contributed by atoms with Gasteiger partial charge in [0.25, 0.3) is 0 Å². The highest BCUT2D eigenvalue weighted by molar-refractivity contribution is 5.89. The molecule has 102 valence electrons. The SMILES string of the molecule is COC(=O)C1=COC(OC)C2C(CN=[N+]=[N-])=CCC12. The highest BCUT2D eigenvalue weighted by Gasteiger charge is 2.44. The van der Waals surface area contributed by atoms with Gasteiger partial charge < -0.3 is 14.2 Å². The number of esters is 1. The minimum Gasteiger partial charge on any atom is -0.471 e. The molecule has 0 fully saturated rings. The van der Waals surface area contributed by atoms with Crippen LogP contribution in [-0.4, -0.2) is 33.0 Å². The predicted molar refractivity (Wildman–Crippen MR) is 65.7 cm³/mol. The first-order valence-electron chi connectivity index (χ1n) is 5.89. The van der Waals surface area contributed by atoms with Gasteiger partial charge in [-0.2, -0.15) is 0 Å². The average molecular weight is 265 g/mol. The molecule has 1 aliphatic carbocycles. The lowest BCUT2D eigenvalue weighted by molar-refractivity contribution is -0.146. The molecule has 7 heteroatoms. The molecule has 0 aromatic heterocycles. The lowest BCUT2D eigenvalue weighted by Gasteiger charge is -2.33. The number of nitrogens with zero attached hydrogens (tertiary/aromatic N) is 3. The van der Waals surface area contributed by atoms with Crippen molar-refractivity contribution in [3.63, 3.8) is 0 Å². The minimum absolute atomic E-state index is 0.0463. The van der Waals surface area contributed by atoms with Gasteiger partial charge in [0.2, 0.25) is 6.29 Å². The van der Waals surface area contributed by atoms with E-state index in [9.17, 15) is 4.79 Å². The maximum Gasteiger partial charge on any atom is 0.337 e. The summed E-state index contributed by atoms with van der Waals surface area (Å²) >= 11 is 0. The lowest BCUT2D eigenvalue weighted by Crippen LogP contribution is -2.36. The Morgan fingerprint density at radius 1 is 1.63 bits per heavy atom. The van der Waals surface area contributed by atoms with Gasteiger partial charge in [-0.1, -0.05) is 16.8 Å². The molecule has 1 aliphatic heterocycles. The Bertz CT molecular complexity index is 479. The molecule has 0 radical (unpaired) electrons. The van der Waals surface area contributed by atoms with Crippen LogP contribution in [0.5, 0.6) is 0 Å². The van der Waals surface area contributed by atoms with Crippen LogP contribution in [0, 0.1) is 11.8 Å². The van der Waals surface area contributed by atoms with E-state index < -0.39 is 12.3 Å². The van der Waals surface area contributed by atoms with E-state index in [1.165, 1.54) is 13.4 Å². The van der Waals surface area contributed by atoms with Crippen molar-refractivity contribution in [2.45, 2.75) is 12.7 Å². The zero-order chi connectivity index (χ0) is 13.8. The highest BCUT2D eigenvalue weighted by atomic mass is 16.7. The van der Waals surface area contributed by atoms with Crippen LogP contribution in [0.1, 0.15) is 6.42 Å². The van der Waals surface area contributed by atoms with Crippen LogP contribution in [0.15, 0.2) is 28.6 Å². The van der Waals surface area contributed by atoms with E-state index >= 15 is 0 Å². The van der Waals surface area contributed by atoms with E-state index in [-0.39, 0.29) is 18.4 Å². The topological polar surface area (TPSA) is 93.5 Å². The summed E-state index contributed by atoms with van der Waals surface area (Å²) in [7, 11) is 2.88. The second-order valence-corrected chi connectivity index (χ2v) is 4.34. The van der Waals surface area contributed by atoms with E-state index in [0.29, 0.717) is 12.0 Å². The van der Waals surface area contributed by atoms with Crippen LogP contribution in [0.3, 0.4) is 0 Å². The second-order valence-electron chi connectivity index (χ2n) is 4.34. The molecule has 0 N–H and O–H groups in total. The molecule has 0 aromatic rings. The van der Waals surface area contributed by atoms with Crippen molar-refractivity contribution in [3.8, 4) is 0 Å². The van der Waals surface area contributed by atoms with Crippen LogP contribution < -0.4 is 0 Å². The van der Waals surface area contributed by atoms with Crippen molar-refractivity contribution in [1.82, 2.24) is 0 Å². The number of carbonyl (C=O) groups is 1. The number of rotatable bonds is 4. The Kier molecular flexibility index (Phi) is 4.09. The first-order valence-corrected chi connectivity index (χ1v) is 5.89. The van der Waals surface area contributed by atoms with Crippen molar-refractivity contribution in [2.75, 3.05) is 20.8 Å². The number of hydrogen-bond donors (Lipinski definition) is 0. The smallest absolute Gasteiger partial charge is 0.337 e. The molecule has 0 saturated carbocycles. The van der Waals surface area contributed by atoms with Crippen molar-refractivity contribution in [1.29, 1.82) is 0 Å². The molecule has 1 heterocycles. The summed E-state index contributed by atoms with van der Waals surface area (Å²) in [6.45, 7) is 0.259. The summed E-state index contributed by atoms with van der Waals surface area (Å²) in [4.78, 5) is 14.5.